The number of halogens is 2. The number of alkyl halides is 1. The van der Waals surface area contributed by atoms with Crippen molar-refractivity contribution in [2.75, 3.05) is 18.4 Å². The van der Waals surface area contributed by atoms with E-state index >= 15 is 0 Å². The summed E-state index contributed by atoms with van der Waals surface area (Å²) in [6.45, 7) is 1.40. The molecule has 1 aromatic rings. The Balaban J connectivity index is 1.91. The first-order valence-electron chi connectivity index (χ1n) is 5.78. The Bertz CT molecular complexity index is 410. The van der Waals surface area contributed by atoms with Gasteiger partial charge in [-0.3, -0.25) is 4.79 Å². The van der Waals surface area contributed by atoms with Crippen LogP contribution in [0.2, 0.25) is 0 Å². The van der Waals surface area contributed by atoms with Crippen LogP contribution in [0.4, 0.5) is 4.39 Å². The van der Waals surface area contributed by atoms with Gasteiger partial charge in [-0.15, -0.1) is 0 Å². The van der Waals surface area contributed by atoms with E-state index in [0.717, 1.165) is 11.9 Å². The maximum atomic E-state index is 13.4. The zero-order chi connectivity index (χ0) is 12.3. The van der Waals surface area contributed by atoms with Crippen LogP contribution >= 0.6 is 15.9 Å². The smallest absolute Gasteiger partial charge is 0.222 e. The lowest BCUT2D eigenvalue weighted by atomic mass is 10.1. The third kappa shape index (κ3) is 3.06. The molecule has 0 N–H and O–H groups in total. The van der Waals surface area contributed by atoms with Crippen LogP contribution in [0.15, 0.2) is 24.3 Å². The predicted octanol–water partition coefficient (Wildman–Crippen LogP) is 2.61. The van der Waals surface area contributed by atoms with Crippen molar-refractivity contribution in [3.8, 4) is 0 Å². The Morgan fingerprint density at radius 3 is 2.82 bits per heavy atom. The Morgan fingerprint density at radius 2 is 2.18 bits per heavy atom. The van der Waals surface area contributed by atoms with Gasteiger partial charge in [-0.2, -0.15) is 0 Å². The average Bonchev–Trinajstić information content (AvgIpc) is 2.69. The molecule has 0 bridgehead atoms. The Labute approximate surface area is 109 Å². The lowest BCUT2D eigenvalue weighted by Crippen LogP contribution is -2.27. The highest BCUT2D eigenvalue weighted by Crippen LogP contribution is 2.20. The average molecular weight is 300 g/mol. The van der Waals surface area contributed by atoms with E-state index in [1.54, 1.807) is 12.1 Å². The van der Waals surface area contributed by atoms with Crippen molar-refractivity contribution in [1.82, 2.24) is 4.90 Å². The molecule has 0 aromatic heterocycles. The fourth-order valence-corrected chi connectivity index (χ4v) is 2.56. The van der Waals surface area contributed by atoms with Gasteiger partial charge in [-0.1, -0.05) is 34.1 Å². The van der Waals surface area contributed by atoms with Crippen molar-refractivity contribution in [3.05, 3.63) is 35.6 Å². The molecule has 17 heavy (non-hydrogen) atoms. The maximum absolute atomic E-state index is 13.4. The molecule has 1 fully saturated rings. The van der Waals surface area contributed by atoms with Crippen LogP contribution in [-0.2, 0) is 11.2 Å². The van der Waals surface area contributed by atoms with Crippen molar-refractivity contribution < 1.29 is 9.18 Å². The zero-order valence-corrected chi connectivity index (χ0v) is 11.1. The largest absolute Gasteiger partial charge is 0.342 e. The quantitative estimate of drug-likeness (QED) is 0.783. The van der Waals surface area contributed by atoms with E-state index in [1.807, 2.05) is 11.0 Å². The molecule has 92 valence electrons. The van der Waals surface area contributed by atoms with Gasteiger partial charge in [0, 0.05) is 24.8 Å². The number of carbonyl (C=O) groups excluding carboxylic acids is 1. The number of benzene rings is 1. The third-order valence-corrected chi connectivity index (χ3v) is 4.04. The van der Waals surface area contributed by atoms with Gasteiger partial charge < -0.3 is 4.90 Å². The maximum Gasteiger partial charge on any atom is 0.222 e. The fraction of sp³-hybridized carbons (Fsp3) is 0.462. The van der Waals surface area contributed by atoms with E-state index in [1.165, 1.54) is 6.07 Å². The number of amides is 1. The standard InChI is InChI=1S/C13H15BrFNO/c14-8-10-7-13(17)16(9-10)6-5-11-3-1-2-4-12(11)15/h1-4,10H,5-9H2. The topological polar surface area (TPSA) is 20.3 Å². The summed E-state index contributed by atoms with van der Waals surface area (Å²) in [6, 6.07) is 6.74. The van der Waals surface area contributed by atoms with Gasteiger partial charge in [-0.25, -0.2) is 4.39 Å². The van der Waals surface area contributed by atoms with Crippen LogP contribution in [0.3, 0.4) is 0 Å². The van der Waals surface area contributed by atoms with Crippen molar-refractivity contribution >= 4 is 21.8 Å². The summed E-state index contributed by atoms with van der Waals surface area (Å²) in [5.41, 5.74) is 0.683. The highest BCUT2D eigenvalue weighted by atomic mass is 79.9. The first-order valence-corrected chi connectivity index (χ1v) is 6.90. The highest BCUT2D eigenvalue weighted by Gasteiger charge is 2.28. The molecule has 1 saturated heterocycles. The van der Waals surface area contributed by atoms with Crippen LogP contribution in [-0.4, -0.2) is 29.2 Å². The van der Waals surface area contributed by atoms with Gasteiger partial charge in [0.1, 0.15) is 5.82 Å². The van der Waals surface area contributed by atoms with Crippen LogP contribution < -0.4 is 0 Å². The molecular weight excluding hydrogens is 285 g/mol. The molecule has 1 aromatic carbocycles. The summed E-state index contributed by atoms with van der Waals surface area (Å²) in [7, 11) is 0. The Kier molecular flexibility index (Phi) is 4.15. The minimum absolute atomic E-state index is 0.184. The number of nitrogens with zero attached hydrogens (tertiary/aromatic N) is 1. The van der Waals surface area contributed by atoms with E-state index in [-0.39, 0.29) is 11.7 Å². The minimum Gasteiger partial charge on any atom is -0.342 e. The molecule has 1 aliphatic rings. The molecule has 0 radical (unpaired) electrons. The van der Waals surface area contributed by atoms with Gasteiger partial charge in [0.05, 0.1) is 0 Å². The lowest BCUT2D eigenvalue weighted by Gasteiger charge is -2.16. The van der Waals surface area contributed by atoms with Crippen LogP contribution in [0.25, 0.3) is 0 Å². The summed E-state index contributed by atoms with van der Waals surface area (Å²) in [5.74, 6) is 0.407. The molecule has 1 aliphatic heterocycles. The fourth-order valence-electron chi connectivity index (χ4n) is 2.13. The Morgan fingerprint density at radius 1 is 1.41 bits per heavy atom. The summed E-state index contributed by atoms with van der Waals surface area (Å²) in [4.78, 5) is 13.5. The van der Waals surface area contributed by atoms with E-state index in [4.69, 9.17) is 0 Å². The molecule has 4 heteroatoms. The molecule has 1 amide bonds. The summed E-state index contributed by atoms with van der Waals surface area (Å²) >= 11 is 3.40. The van der Waals surface area contributed by atoms with Crippen molar-refractivity contribution in [3.63, 3.8) is 0 Å². The van der Waals surface area contributed by atoms with Gasteiger partial charge in [0.2, 0.25) is 5.91 Å². The molecule has 0 spiro atoms. The monoisotopic (exact) mass is 299 g/mol. The second-order valence-corrected chi connectivity index (χ2v) is 5.05. The van der Waals surface area contributed by atoms with Gasteiger partial charge >= 0.3 is 0 Å². The second kappa shape index (κ2) is 5.63. The third-order valence-electron chi connectivity index (χ3n) is 3.12. The minimum atomic E-state index is -0.184. The van der Waals surface area contributed by atoms with Crippen LogP contribution in [0.5, 0.6) is 0 Å². The van der Waals surface area contributed by atoms with Crippen LogP contribution in [0.1, 0.15) is 12.0 Å². The van der Waals surface area contributed by atoms with E-state index in [2.05, 4.69) is 15.9 Å². The SMILES string of the molecule is O=C1CC(CBr)CN1CCc1ccccc1F. The number of likely N-dealkylation sites (tertiary alicyclic amines) is 1. The van der Waals surface area contributed by atoms with Gasteiger partial charge in [0.25, 0.3) is 0 Å². The van der Waals surface area contributed by atoms with Crippen molar-refractivity contribution in [1.29, 1.82) is 0 Å². The first-order chi connectivity index (χ1) is 8.20. The molecule has 2 nitrogen and oxygen atoms in total. The molecule has 2 rings (SSSR count). The number of rotatable bonds is 4. The number of hydrogen-bond donors (Lipinski definition) is 0. The Hall–Kier alpha value is -0.900. The van der Waals surface area contributed by atoms with E-state index in [9.17, 15) is 9.18 Å². The first kappa shape index (κ1) is 12.6. The molecule has 0 aliphatic carbocycles. The van der Waals surface area contributed by atoms with Crippen molar-refractivity contribution in [2.24, 2.45) is 5.92 Å². The molecule has 1 unspecified atom stereocenters. The molecule has 0 saturated carbocycles. The lowest BCUT2D eigenvalue weighted by molar-refractivity contribution is -0.127. The molecular formula is C13H15BrFNO. The molecule has 1 heterocycles. The van der Waals surface area contributed by atoms with E-state index in [0.29, 0.717) is 30.9 Å². The summed E-state index contributed by atoms with van der Waals surface area (Å²) in [5, 5.41) is 0.856. The zero-order valence-electron chi connectivity index (χ0n) is 9.53. The number of carbonyl (C=O) groups is 1. The summed E-state index contributed by atoms with van der Waals surface area (Å²) < 4.78 is 13.4. The summed E-state index contributed by atoms with van der Waals surface area (Å²) in [6.07, 6.45) is 1.20. The van der Waals surface area contributed by atoms with Crippen LogP contribution in [0, 0.1) is 11.7 Å². The second-order valence-electron chi connectivity index (χ2n) is 4.41. The number of hydrogen-bond acceptors (Lipinski definition) is 1. The highest BCUT2D eigenvalue weighted by molar-refractivity contribution is 9.09. The van der Waals surface area contributed by atoms with Crippen molar-refractivity contribution in [2.45, 2.75) is 12.8 Å². The van der Waals surface area contributed by atoms with E-state index < -0.39 is 0 Å². The van der Waals surface area contributed by atoms with Gasteiger partial charge in [-0.05, 0) is 24.0 Å². The normalized spacial score (nSPS) is 20.0. The van der Waals surface area contributed by atoms with Gasteiger partial charge in [0.15, 0.2) is 0 Å². The molecule has 1 atom stereocenters. The predicted molar refractivity (Wildman–Crippen MR) is 68.6 cm³/mol.